The van der Waals surface area contributed by atoms with Gasteiger partial charge in [-0.1, -0.05) is 13.8 Å². The van der Waals surface area contributed by atoms with E-state index in [9.17, 15) is 29.4 Å². The summed E-state index contributed by atoms with van der Waals surface area (Å²) in [5.41, 5.74) is 11.5. The van der Waals surface area contributed by atoms with Gasteiger partial charge in [-0.2, -0.15) is 0 Å². The fourth-order valence-electron chi connectivity index (χ4n) is 3.79. The van der Waals surface area contributed by atoms with Crippen molar-refractivity contribution in [2.24, 2.45) is 17.4 Å². The van der Waals surface area contributed by atoms with Gasteiger partial charge < -0.3 is 37.2 Å². The average Bonchev–Trinajstić information content (AvgIpc) is 3.19. The van der Waals surface area contributed by atoms with Crippen molar-refractivity contribution < 1.29 is 29.4 Å². The van der Waals surface area contributed by atoms with Gasteiger partial charge in [0.2, 0.25) is 17.7 Å². The van der Waals surface area contributed by atoms with Gasteiger partial charge in [-0.15, -0.1) is 0 Å². The molecule has 11 heteroatoms. The molecule has 0 radical (unpaired) electrons. The molecular formula is C21H39N5O6. The normalized spacial score (nSPS) is 19.8. The summed E-state index contributed by atoms with van der Waals surface area (Å²) in [6.07, 6.45) is 1.74. The molecule has 0 aromatic heterocycles. The summed E-state index contributed by atoms with van der Waals surface area (Å²) in [6, 6.07) is -3.96. The third kappa shape index (κ3) is 8.36. The smallest absolute Gasteiger partial charge is 0.328 e. The molecule has 1 saturated heterocycles. The Kier molecular flexibility index (Phi) is 11.6. The molecule has 0 aromatic rings. The Morgan fingerprint density at radius 2 is 1.78 bits per heavy atom. The van der Waals surface area contributed by atoms with Gasteiger partial charge in [-0.25, -0.2) is 4.79 Å². The van der Waals surface area contributed by atoms with Crippen LogP contribution in [0.15, 0.2) is 0 Å². The zero-order valence-electron chi connectivity index (χ0n) is 19.3. The lowest BCUT2D eigenvalue weighted by atomic mass is 10.0. The molecule has 0 aromatic carbocycles. The first-order valence-corrected chi connectivity index (χ1v) is 11.3. The van der Waals surface area contributed by atoms with Crippen molar-refractivity contribution in [1.82, 2.24) is 15.5 Å². The van der Waals surface area contributed by atoms with Gasteiger partial charge in [0.25, 0.3) is 0 Å². The van der Waals surface area contributed by atoms with E-state index in [-0.39, 0.29) is 5.92 Å². The number of hydrogen-bond donors (Lipinski definition) is 6. The molecule has 8 N–H and O–H groups in total. The second kappa shape index (κ2) is 13.3. The van der Waals surface area contributed by atoms with Crippen LogP contribution in [0, 0.1) is 5.92 Å². The van der Waals surface area contributed by atoms with Gasteiger partial charge in [-0.3, -0.25) is 14.4 Å². The highest BCUT2D eigenvalue weighted by Crippen LogP contribution is 2.20. The van der Waals surface area contributed by atoms with Crippen LogP contribution >= 0.6 is 0 Å². The molecule has 1 aliphatic heterocycles. The molecule has 0 unspecified atom stereocenters. The number of nitrogens with one attached hydrogen (secondary N) is 2. The number of hydrogen-bond acceptors (Lipinski definition) is 7. The van der Waals surface area contributed by atoms with Crippen LogP contribution in [0.5, 0.6) is 0 Å². The highest BCUT2D eigenvalue weighted by atomic mass is 16.4. The van der Waals surface area contributed by atoms with Crippen LogP contribution in [0.1, 0.15) is 59.3 Å². The second-order valence-electron chi connectivity index (χ2n) is 8.84. The van der Waals surface area contributed by atoms with E-state index in [1.165, 1.54) is 11.8 Å². The Labute approximate surface area is 189 Å². The highest BCUT2D eigenvalue weighted by molar-refractivity contribution is 5.94. The van der Waals surface area contributed by atoms with E-state index in [0.29, 0.717) is 51.6 Å². The van der Waals surface area contributed by atoms with Crippen molar-refractivity contribution in [2.45, 2.75) is 89.6 Å². The summed E-state index contributed by atoms with van der Waals surface area (Å²) in [5, 5.41) is 23.9. The second-order valence-corrected chi connectivity index (χ2v) is 8.84. The van der Waals surface area contributed by atoms with E-state index in [1.807, 2.05) is 13.8 Å². The molecule has 0 bridgehead atoms. The Hall–Kier alpha value is -2.24. The quantitative estimate of drug-likeness (QED) is 0.188. The first-order chi connectivity index (χ1) is 15.0. The minimum absolute atomic E-state index is 0.213. The monoisotopic (exact) mass is 457 g/mol. The Bertz CT molecular complexity index is 657. The molecule has 11 nitrogen and oxygen atoms in total. The number of carbonyl (C=O) groups is 4. The Balaban J connectivity index is 2.94. The van der Waals surface area contributed by atoms with Gasteiger partial charge >= 0.3 is 5.97 Å². The van der Waals surface area contributed by atoms with E-state index in [4.69, 9.17) is 11.5 Å². The molecule has 1 rings (SSSR count). The van der Waals surface area contributed by atoms with Crippen LogP contribution in [-0.4, -0.2) is 82.2 Å². The standard InChI is InChI=1S/C21H39N5O6/c1-12(2)11-14(23)18(28)24-15(7-4-5-9-22)20(30)26-10-6-8-16(26)19(29)25-17(13(3)27)21(31)32/h12-17,27H,4-11,22-23H2,1-3H3,(H,24,28)(H,25,29)(H,31,32)/t13-,14+,15+,16+,17+/m1/s1. The fraction of sp³-hybridized carbons (Fsp3) is 0.810. The lowest BCUT2D eigenvalue weighted by molar-refractivity contribution is -0.147. The Morgan fingerprint density at radius 1 is 1.12 bits per heavy atom. The lowest BCUT2D eigenvalue weighted by Crippen LogP contribution is -2.57. The molecule has 3 amide bonds. The molecule has 1 fully saturated rings. The largest absolute Gasteiger partial charge is 0.480 e. The number of likely N-dealkylation sites (tertiary alicyclic amines) is 1. The molecule has 184 valence electrons. The predicted octanol–water partition coefficient (Wildman–Crippen LogP) is -1.09. The number of unbranched alkanes of at least 4 members (excludes halogenated alkanes) is 1. The van der Waals surface area contributed by atoms with Gasteiger partial charge in [0.15, 0.2) is 6.04 Å². The third-order valence-electron chi connectivity index (χ3n) is 5.51. The van der Waals surface area contributed by atoms with E-state index < -0.39 is 54.0 Å². The topological polar surface area (TPSA) is 188 Å². The van der Waals surface area contributed by atoms with Crippen molar-refractivity contribution in [2.75, 3.05) is 13.1 Å². The molecule has 1 aliphatic rings. The van der Waals surface area contributed by atoms with Gasteiger partial charge in [0.1, 0.15) is 12.1 Å². The predicted molar refractivity (Wildman–Crippen MR) is 118 cm³/mol. The molecule has 1 heterocycles. The van der Waals surface area contributed by atoms with Gasteiger partial charge in [0, 0.05) is 6.54 Å². The summed E-state index contributed by atoms with van der Waals surface area (Å²) < 4.78 is 0. The Morgan fingerprint density at radius 3 is 2.31 bits per heavy atom. The number of carboxylic acid groups (broad SMARTS) is 1. The van der Waals surface area contributed by atoms with Crippen molar-refractivity contribution >= 4 is 23.7 Å². The summed E-state index contributed by atoms with van der Waals surface area (Å²) >= 11 is 0. The SMILES string of the molecule is CC(C)C[C@H](N)C(=O)N[C@@H](CCCCN)C(=O)N1CCC[C@H]1C(=O)N[C@H](C(=O)O)[C@@H](C)O. The number of rotatable bonds is 13. The van der Waals surface area contributed by atoms with Crippen LogP contribution < -0.4 is 22.1 Å². The fourth-order valence-corrected chi connectivity index (χ4v) is 3.79. The van der Waals surface area contributed by atoms with Crippen LogP contribution in [0.2, 0.25) is 0 Å². The van der Waals surface area contributed by atoms with Crippen molar-refractivity contribution in [3.8, 4) is 0 Å². The maximum atomic E-state index is 13.3. The first-order valence-electron chi connectivity index (χ1n) is 11.3. The van der Waals surface area contributed by atoms with Gasteiger partial charge in [0.05, 0.1) is 12.1 Å². The molecule has 5 atom stereocenters. The van der Waals surface area contributed by atoms with Crippen LogP contribution in [0.25, 0.3) is 0 Å². The highest BCUT2D eigenvalue weighted by Gasteiger charge is 2.39. The molecule has 32 heavy (non-hydrogen) atoms. The average molecular weight is 458 g/mol. The van der Waals surface area contributed by atoms with Crippen LogP contribution in [0.3, 0.4) is 0 Å². The number of carbonyl (C=O) groups excluding carboxylic acids is 3. The van der Waals surface area contributed by atoms with Crippen molar-refractivity contribution in [3.63, 3.8) is 0 Å². The van der Waals surface area contributed by atoms with Gasteiger partial charge in [-0.05, 0) is 57.9 Å². The summed E-state index contributed by atoms with van der Waals surface area (Å²) in [6.45, 7) is 5.92. The first kappa shape index (κ1) is 27.8. The summed E-state index contributed by atoms with van der Waals surface area (Å²) in [5.74, 6) is -2.63. The summed E-state index contributed by atoms with van der Waals surface area (Å²) in [4.78, 5) is 51.2. The number of aliphatic hydroxyl groups is 1. The molecule has 0 saturated carbocycles. The van der Waals surface area contributed by atoms with Crippen molar-refractivity contribution in [3.05, 3.63) is 0 Å². The van der Waals surface area contributed by atoms with E-state index in [0.717, 1.165) is 0 Å². The minimum atomic E-state index is -1.48. The molecule has 0 spiro atoms. The number of nitrogens with zero attached hydrogens (tertiary/aromatic N) is 1. The van der Waals surface area contributed by atoms with E-state index in [1.54, 1.807) is 0 Å². The number of aliphatic hydroxyl groups excluding tert-OH is 1. The number of nitrogens with two attached hydrogens (primary N) is 2. The zero-order valence-corrected chi connectivity index (χ0v) is 19.3. The number of aliphatic carboxylic acids is 1. The third-order valence-corrected chi connectivity index (χ3v) is 5.51. The van der Waals surface area contributed by atoms with Crippen LogP contribution in [0.4, 0.5) is 0 Å². The lowest BCUT2D eigenvalue weighted by Gasteiger charge is -2.30. The maximum Gasteiger partial charge on any atom is 0.328 e. The number of carboxylic acids is 1. The maximum absolute atomic E-state index is 13.3. The minimum Gasteiger partial charge on any atom is -0.480 e. The molecule has 0 aliphatic carbocycles. The van der Waals surface area contributed by atoms with Crippen LogP contribution in [-0.2, 0) is 19.2 Å². The zero-order chi connectivity index (χ0) is 24.4. The number of amides is 3. The van der Waals surface area contributed by atoms with E-state index in [2.05, 4.69) is 10.6 Å². The summed E-state index contributed by atoms with van der Waals surface area (Å²) in [7, 11) is 0. The van der Waals surface area contributed by atoms with E-state index >= 15 is 0 Å². The molecular weight excluding hydrogens is 418 g/mol. The van der Waals surface area contributed by atoms with Crippen molar-refractivity contribution in [1.29, 1.82) is 0 Å².